The van der Waals surface area contributed by atoms with Crippen LogP contribution in [0.1, 0.15) is 116 Å². The molecule has 3 fully saturated rings. The lowest BCUT2D eigenvalue weighted by Gasteiger charge is -2.48. The number of hydrogen-bond acceptors (Lipinski definition) is 14. The van der Waals surface area contributed by atoms with Gasteiger partial charge in [0.25, 0.3) is 0 Å². The summed E-state index contributed by atoms with van der Waals surface area (Å²) >= 11 is 0. The average molecular weight is 801 g/mol. The minimum atomic E-state index is -1.12. The molecule has 8 unspecified atom stereocenters. The molecule has 0 aromatic heterocycles. The highest BCUT2D eigenvalue weighted by Gasteiger charge is 2.52. The van der Waals surface area contributed by atoms with E-state index >= 15 is 0 Å². The highest BCUT2D eigenvalue weighted by Crippen LogP contribution is 2.40. The van der Waals surface area contributed by atoms with Crippen LogP contribution in [0.25, 0.3) is 0 Å². The quantitative estimate of drug-likeness (QED) is 0.219. The van der Waals surface area contributed by atoms with Crippen molar-refractivity contribution in [2.24, 2.45) is 41.4 Å². The van der Waals surface area contributed by atoms with Crippen LogP contribution in [0, 0.1) is 41.4 Å². The molecule has 0 aromatic carbocycles. The van der Waals surface area contributed by atoms with Crippen molar-refractivity contribution in [1.29, 1.82) is 0 Å². The molecule has 14 nitrogen and oxygen atoms in total. The van der Waals surface area contributed by atoms with E-state index in [9.17, 15) is 24.3 Å². The van der Waals surface area contributed by atoms with Crippen molar-refractivity contribution in [2.75, 3.05) is 14.2 Å². The van der Waals surface area contributed by atoms with Crippen LogP contribution in [-0.4, -0.2) is 116 Å². The fraction of sp³-hybridized carbons (Fsp3) is 0.905. The van der Waals surface area contributed by atoms with Gasteiger partial charge in [0.05, 0.1) is 42.4 Å². The number of hydrogen-bond donors (Lipinski definition) is 1. The highest BCUT2D eigenvalue weighted by molar-refractivity contribution is 5.83. The first-order chi connectivity index (χ1) is 26.1. The van der Waals surface area contributed by atoms with Crippen LogP contribution in [0.3, 0.4) is 0 Å². The number of carbonyl (C=O) groups excluding carboxylic acids is 4. The van der Waals surface area contributed by atoms with E-state index in [2.05, 4.69) is 0 Å². The topological polar surface area (TPSA) is 172 Å². The zero-order chi connectivity index (χ0) is 42.4. The Kier molecular flexibility index (Phi) is 17.8. The molecular formula is C42H72O14. The molecule has 19 atom stereocenters. The van der Waals surface area contributed by atoms with Gasteiger partial charge in [-0.1, -0.05) is 54.9 Å². The molecule has 0 amide bonds. The lowest BCUT2D eigenvalue weighted by atomic mass is 9.75. The molecule has 14 heteroatoms. The molecule has 324 valence electrons. The first kappa shape index (κ1) is 48.2. The Labute approximate surface area is 334 Å². The SMILES string of the molecule is CC[C@H](C)[C@H]1OC(=O)[C@H](C)[C@@H](OC2CC(C)(OC)C(OC(C)=O)C(C)O2)[C@H](C)[C@@H](OC2OC(C)CC(OC)C2O)[C@@H](C)C[C@@H](C)C(=O)[C@H](C)[C@@H](OC(C)=O)[C@H]1C. The second kappa shape index (κ2) is 20.7. The molecule has 3 heterocycles. The van der Waals surface area contributed by atoms with Crippen molar-refractivity contribution < 1.29 is 66.9 Å². The van der Waals surface area contributed by atoms with Gasteiger partial charge in [0, 0.05) is 58.7 Å². The van der Waals surface area contributed by atoms with Crippen molar-refractivity contribution >= 4 is 23.7 Å². The number of ketones is 1. The van der Waals surface area contributed by atoms with Crippen LogP contribution >= 0.6 is 0 Å². The Morgan fingerprint density at radius 1 is 0.857 bits per heavy atom. The van der Waals surface area contributed by atoms with E-state index in [1.807, 2.05) is 55.4 Å². The van der Waals surface area contributed by atoms with Gasteiger partial charge >= 0.3 is 17.9 Å². The molecule has 0 bridgehead atoms. The van der Waals surface area contributed by atoms with E-state index < -0.39 is 115 Å². The summed E-state index contributed by atoms with van der Waals surface area (Å²) in [6.07, 6.45) is -6.84. The van der Waals surface area contributed by atoms with Gasteiger partial charge in [-0.15, -0.1) is 0 Å². The molecule has 3 rings (SSSR count). The maximum Gasteiger partial charge on any atom is 0.311 e. The van der Waals surface area contributed by atoms with E-state index in [1.54, 1.807) is 20.8 Å². The molecule has 0 aliphatic carbocycles. The third kappa shape index (κ3) is 11.5. The van der Waals surface area contributed by atoms with Crippen molar-refractivity contribution in [3.63, 3.8) is 0 Å². The number of rotatable bonds is 10. The van der Waals surface area contributed by atoms with Crippen molar-refractivity contribution in [3.8, 4) is 0 Å². The lowest BCUT2D eigenvalue weighted by molar-refractivity contribution is -0.313. The van der Waals surface area contributed by atoms with E-state index in [1.165, 1.54) is 28.1 Å². The van der Waals surface area contributed by atoms with E-state index in [4.69, 9.17) is 42.6 Å². The largest absolute Gasteiger partial charge is 0.461 e. The number of Topliss-reactive ketones (excluding diaryl/α,β-unsaturated/α-hetero) is 1. The van der Waals surface area contributed by atoms with Crippen LogP contribution in [0.4, 0.5) is 0 Å². The van der Waals surface area contributed by atoms with E-state index in [0.717, 1.165) is 0 Å². The Morgan fingerprint density at radius 2 is 1.48 bits per heavy atom. The molecule has 56 heavy (non-hydrogen) atoms. The minimum absolute atomic E-state index is 0.0957. The number of methoxy groups -OCH3 is 2. The van der Waals surface area contributed by atoms with E-state index in [0.29, 0.717) is 19.3 Å². The van der Waals surface area contributed by atoms with Gasteiger partial charge in [0.15, 0.2) is 18.7 Å². The molecule has 0 aromatic rings. The predicted molar refractivity (Wildman–Crippen MR) is 205 cm³/mol. The summed E-state index contributed by atoms with van der Waals surface area (Å²) in [6, 6.07) is 0. The zero-order valence-corrected chi connectivity index (χ0v) is 36.5. The molecular weight excluding hydrogens is 728 g/mol. The number of ether oxygens (including phenoxy) is 9. The summed E-state index contributed by atoms with van der Waals surface area (Å²) in [5.74, 6) is -5.31. The van der Waals surface area contributed by atoms with Gasteiger partial charge in [0.1, 0.15) is 29.7 Å². The van der Waals surface area contributed by atoms with Gasteiger partial charge in [-0.2, -0.15) is 0 Å². The van der Waals surface area contributed by atoms with Crippen LogP contribution in [0.5, 0.6) is 0 Å². The Hall–Kier alpha value is -2.20. The van der Waals surface area contributed by atoms with Gasteiger partial charge in [-0.3, -0.25) is 19.2 Å². The molecule has 0 spiro atoms. The first-order valence-electron chi connectivity index (χ1n) is 20.6. The smallest absolute Gasteiger partial charge is 0.311 e. The third-order valence-electron chi connectivity index (χ3n) is 12.6. The zero-order valence-electron chi connectivity index (χ0n) is 36.5. The molecule has 3 aliphatic heterocycles. The molecule has 1 N–H and O–H groups in total. The maximum atomic E-state index is 14.5. The molecule has 0 saturated carbocycles. The highest BCUT2D eigenvalue weighted by atomic mass is 16.7. The van der Waals surface area contributed by atoms with Crippen molar-refractivity contribution in [1.82, 2.24) is 0 Å². The van der Waals surface area contributed by atoms with Gasteiger partial charge in [-0.25, -0.2) is 0 Å². The fourth-order valence-electron chi connectivity index (χ4n) is 9.14. The van der Waals surface area contributed by atoms with Crippen molar-refractivity contribution in [2.45, 2.75) is 189 Å². The second-order valence-electron chi connectivity index (χ2n) is 17.2. The number of cyclic esters (lactones) is 1. The molecule has 3 aliphatic rings. The first-order valence-corrected chi connectivity index (χ1v) is 20.6. The van der Waals surface area contributed by atoms with Crippen LogP contribution < -0.4 is 0 Å². The number of esters is 3. The molecule has 3 saturated heterocycles. The summed E-state index contributed by atoms with van der Waals surface area (Å²) in [5.41, 5.74) is -0.994. The number of aliphatic hydroxyl groups excluding tert-OH is 1. The van der Waals surface area contributed by atoms with Crippen LogP contribution in [0.15, 0.2) is 0 Å². The van der Waals surface area contributed by atoms with Gasteiger partial charge in [0.2, 0.25) is 0 Å². The Balaban J connectivity index is 2.19. The minimum Gasteiger partial charge on any atom is -0.461 e. The summed E-state index contributed by atoms with van der Waals surface area (Å²) in [7, 11) is 3.07. The lowest BCUT2D eigenvalue weighted by Crippen LogP contribution is -2.59. The van der Waals surface area contributed by atoms with E-state index in [-0.39, 0.29) is 30.1 Å². The summed E-state index contributed by atoms with van der Waals surface area (Å²) in [4.78, 5) is 53.3. The Morgan fingerprint density at radius 3 is 2.04 bits per heavy atom. The molecule has 0 radical (unpaired) electrons. The number of aliphatic hydroxyl groups is 1. The predicted octanol–water partition coefficient (Wildman–Crippen LogP) is 5.42. The summed E-state index contributed by atoms with van der Waals surface area (Å²) < 4.78 is 55.6. The normalized spacial score (nSPS) is 43.9. The summed E-state index contributed by atoms with van der Waals surface area (Å²) in [5, 5.41) is 11.4. The van der Waals surface area contributed by atoms with Gasteiger partial charge in [-0.05, 0) is 46.0 Å². The van der Waals surface area contributed by atoms with Crippen molar-refractivity contribution in [3.05, 3.63) is 0 Å². The average Bonchev–Trinajstić information content (AvgIpc) is 3.14. The van der Waals surface area contributed by atoms with Gasteiger partial charge < -0.3 is 47.7 Å². The van der Waals surface area contributed by atoms with Crippen LogP contribution in [-0.2, 0) is 61.8 Å². The number of carbonyl (C=O) groups is 4. The summed E-state index contributed by atoms with van der Waals surface area (Å²) in [6.45, 7) is 23.2. The fourth-order valence-corrected chi connectivity index (χ4v) is 9.14. The van der Waals surface area contributed by atoms with Crippen LogP contribution in [0.2, 0.25) is 0 Å². The third-order valence-corrected chi connectivity index (χ3v) is 12.6. The Bertz CT molecular complexity index is 1310. The maximum absolute atomic E-state index is 14.5. The second-order valence-corrected chi connectivity index (χ2v) is 17.2. The standard InChI is InChI=1S/C42H72O14/c1-16-20(2)35-25(7)37(52-29(11)43)24(6)33(45)21(3)17-22(4)36(56-41-34(46)31(48-14)18-23(5)50-41)26(8)38(27(9)40(47)55-35)54-32-19-42(13,49-15)39(28(10)51-32)53-30(12)44/h20-28,31-32,34-39,41,46H,16-19H2,1-15H3/t20-,21+,22-,23?,24-,25-,26+,27+,28?,31?,32?,34?,35+,36-,37+,38-,39?,41?,42?/m0/s1. The monoisotopic (exact) mass is 800 g/mol.